The molecule has 2 bridgehead atoms. The molecule has 3 aliphatic rings. The van der Waals surface area contributed by atoms with Crippen molar-refractivity contribution in [2.24, 2.45) is 17.3 Å². The van der Waals surface area contributed by atoms with Gasteiger partial charge in [-0.25, -0.2) is 4.79 Å². The van der Waals surface area contributed by atoms with Crippen LogP contribution in [0.15, 0.2) is 30.3 Å². The summed E-state index contributed by atoms with van der Waals surface area (Å²) in [7, 11) is 0. The Morgan fingerprint density at radius 1 is 0.974 bits per heavy atom. The molecular formula is C28H36O10. The minimum atomic E-state index is -1.63. The molecule has 0 unspecified atom stereocenters. The van der Waals surface area contributed by atoms with E-state index in [1.54, 1.807) is 30.3 Å². The van der Waals surface area contributed by atoms with E-state index >= 15 is 0 Å². The van der Waals surface area contributed by atoms with E-state index in [9.17, 15) is 24.3 Å². The van der Waals surface area contributed by atoms with Crippen LogP contribution in [0.3, 0.4) is 0 Å². The molecule has 0 amide bonds. The largest absolute Gasteiger partial charge is 0.465 e. The van der Waals surface area contributed by atoms with Gasteiger partial charge in [0.15, 0.2) is 6.10 Å². The molecule has 10 nitrogen and oxygen atoms in total. The van der Waals surface area contributed by atoms with Gasteiger partial charge < -0.3 is 28.8 Å². The van der Waals surface area contributed by atoms with E-state index in [0.717, 1.165) is 0 Å². The number of fused-ring (bicyclic) bond motifs is 1. The van der Waals surface area contributed by atoms with Crippen LogP contribution in [0.25, 0.3) is 0 Å². The van der Waals surface area contributed by atoms with E-state index in [0.29, 0.717) is 6.42 Å². The molecule has 2 aliphatic carbocycles. The normalized spacial score (nSPS) is 36.9. The van der Waals surface area contributed by atoms with Crippen molar-refractivity contribution in [3.63, 3.8) is 0 Å². The van der Waals surface area contributed by atoms with Gasteiger partial charge in [0.05, 0.1) is 16.8 Å². The Morgan fingerprint density at radius 3 is 2.18 bits per heavy atom. The fourth-order valence-electron chi connectivity index (χ4n) is 6.98. The van der Waals surface area contributed by atoms with Crippen molar-refractivity contribution in [1.29, 1.82) is 0 Å². The van der Waals surface area contributed by atoms with Crippen LogP contribution in [0, 0.1) is 17.3 Å². The molecule has 1 aromatic rings. The summed E-state index contributed by atoms with van der Waals surface area (Å²) in [5, 5.41) is 12.0. The van der Waals surface area contributed by atoms with E-state index in [4.69, 9.17) is 23.7 Å². The van der Waals surface area contributed by atoms with Crippen LogP contribution in [0.2, 0.25) is 0 Å². The lowest BCUT2D eigenvalue weighted by molar-refractivity contribution is -0.305. The molecule has 3 fully saturated rings. The van der Waals surface area contributed by atoms with Gasteiger partial charge in [0.25, 0.3) is 0 Å². The molecule has 1 aliphatic heterocycles. The van der Waals surface area contributed by atoms with Gasteiger partial charge in [-0.3, -0.25) is 14.4 Å². The molecule has 1 aromatic carbocycles. The molecule has 8 atom stereocenters. The third kappa shape index (κ3) is 4.47. The van der Waals surface area contributed by atoms with Crippen LogP contribution in [0.5, 0.6) is 0 Å². The van der Waals surface area contributed by atoms with Gasteiger partial charge in [0.1, 0.15) is 30.3 Å². The Kier molecular flexibility index (Phi) is 7.35. The van der Waals surface area contributed by atoms with Crippen LogP contribution in [-0.2, 0) is 38.1 Å². The monoisotopic (exact) mass is 532 g/mol. The lowest BCUT2D eigenvalue weighted by Gasteiger charge is -2.62. The third-order valence-electron chi connectivity index (χ3n) is 8.49. The summed E-state index contributed by atoms with van der Waals surface area (Å²) < 4.78 is 29.8. The Balaban J connectivity index is 1.95. The molecule has 1 spiro atoms. The van der Waals surface area contributed by atoms with E-state index in [1.165, 1.54) is 20.8 Å². The summed E-state index contributed by atoms with van der Waals surface area (Å²) in [5.41, 5.74) is -3.41. The van der Waals surface area contributed by atoms with Gasteiger partial charge in [-0.05, 0) is 44.7 Å². The molecule has 38 heavy (non-hydrogen) atoms. The van der Waals surface area contributed by atoms with Crippen molar-refractivity contribution in [2.75, 3.05) is 6.61 Å². The highest BCUT2D eigenvalue weighted by Crippen LogP contribution is 2.67. The fraction of sp³-hybridized carbons (Fsp3) is 0.643. The summed E-state index contributed by atoms with van der Waals surface area (Å²) in [6.07, 6.45) is -4.23. The molecular weight excluding hydrogens is 496 g/mol. The van der Waals surface area contributed by atoms with Crippen molar-refractivity contribution in [2.45, 2.75) is 90.0 Å². The van der Waals surface area contributed by atoms with Gasteiger partial charge >= 0.3 is 23.9 Å². The first-order valence-corrected chi connectivity index (χ1v) is 12.9. The Morgan fingerprint density at radius 2 is 1.61 bits per heavy atom. The maximum absolute atomic E-state index is 13.5. The highest BCUT2D eigenvalue weighted by Gasteiger charge is 2.80. The smallest absolute Gasteiger partial charge is 0.338 e. The average Bonchev–Trinajstić information content (AvgIpc) is 3.09. The number of hydrogen-bond donors (Lipinski definition) is 1. The molecule has 0 radical (unpaired) electrons. The maximum Gasteiger partial charge on any atom is 0.338 e. The Bertz CT molecular complexity index is 1100. The zero-order chi connectivity index (χ0) is 28.0. The number of ether oxygens (including phenoxy) is 5. The second-order valence-corrected chi connectivity index (χ2v) is 11.2. The van der Waals surface area contributed by atoms with Crippen molar-refractivity contribution < 1.29 is 48.0 Å². The molecule has 2 saturated carbocycles. The zero-order valence-electron chi connectivity index (χ0n) is 22.6. The molecule has 1 saturated heterocycles. The summed E-state index contributed by atoms with van der Waals surface area (Å²) in [4.78, 5) is 50.0. The number of aliphatic hydroxyl groups is 1. The predicted molar refractivity (Wildman–Crippen MR) is 132 cm³/mol. The Labute approximate surface area is 221 Å². The first kappa shape index (κ1) is 28.0. The highest BCUT2D eigenvalue weighted by atomic mass is 16.6. The topological polar surface area (TPSA) is 135 Å². The highest BCUT2D eigenvalue weighted by molar-refractivity contribution is 5.89. The van der Waals surface area contributed by atoms with Crippen LogP contribution in [-0.4, -0.2) is 71.2 Å². The molecule has 10 heteroatoms. The van der Waals surface area contributed by atoms with Crippen molar-refractivity contribution in [1.82, 2.24) is 0 Å². The number of rotatable bonds is 6. The molecule has 1 heterocycles. The number of hydrogen-bond acceptors (Lipinski definition) is 10. The van der Waals surface area contributed by atoms with E-state index in [2.05, 4.69) is 0 Å². The SMILES string of the molecule is CC(=O)OC[C@@]12[C@@H](O)[C@@H](OC(C)=O)C[C@@H](C)[C@@]13C[C@@H]([C@H](OC(C)=O)[C@@H]2OC(=O)c1ccccc1)C(C)(C)O3. The van der Waals surface area contributed by atoms with E-state index in [1.807, 2.05) is 20.8 Å². The molecule has 208 valence electrons. The molecule has 0 aromatic heterocycles. The van der Waals surface area contributed by atoms with Crippen LogP contribution in [0.4, 0.5) is 0 Å². The van der Waals surface area contributed by atoms with E-state index in [-0.39, 0.29) is 17.9 Å². The first-order valence-electron chi connectivity index (χ1n) is 12.9. The average molecular weight is 533 g/mol. The number of esters is 4. The van der Waals surface area contributed by atoms with Crippen LogP contribution >= 0.6 is 0 Å². The standard InChI is InChI=1S/C28H36O10/c1-15-12-21(35-17(3)30)23(32)27(14-34-16(2)29)24(37-25(33)19-10-8-7-9-11-19)22(36-18(4)31)20-13-28(15,27)38-26(20,5)6/h7-11,15,20-24,32H,12-14H2,1-6H3/t15-,20+,21+,22+,23+,24+,27+,28+/m1/s1. The summed E-state index contributed by atoms with van der Waals surface area (Å²) in [6, 6.07) is 8.28. The van der Waals surface area contributed by atoms with Gasteiger partial charge in [-0.15, -0.1) is 0 Å². The zero-order valence-corrected chi connectivity index (χ0v) is 22.6. The maximum atomic E-state index is 13.5. The predicted octanol–water partition coefficient (Wildman–Crippen LogP) is 2.59. The summed E-state index contributed by atoms with van der Waals surface area (Å²) in [5.74, 6) is -3.28. The lowest BCUT2D eigenvalue weighted by atomic mass is 9.48. The third-order valence-corrected chi connectivity index (χ3v) is 8.49. The van der Waals surface area contributed by atoms with Crippen molar-refractivity contribution in [3.8, 4) is 0 Å². The molecule has 4 rings (SSSR count). The van der Waals surface area contributed by atoms with E-state index < -0.39 is 77.4 Å². The van der Waals surface area contributed by atoms with Crippen LogP contribution in [0.1, 0.15) is 64.7 Å². The number of aliphatic hydroxyl groups excluding tert-OH is 1. The number of carbonyl (C=O) groups is 4. The number of benzene rings is 1. The fourth-order valence-corrected chi connectivity index (χ4v) is 6.98. The van der Waals surface area contributed by atoms with Crippen LogP contribution < -0.4 is 0 Å². The minimum absolute atomic E-state index is 0.249. The van der Waals surface area contributed by atoms with Gasteiger partial charge in [-0.1, -0.05) is 25.1 Å². The molecule has 1 N–H and O–H groups in total. The van der Waals surface area contributed by atoms with Gasteiger partial charge in [0.2, 0.25) is 0 Å². The van der Waals surface area contributed by atoms with Gasteiger partial charge in [-0.2, -0.15) is 0 Å². The van der Waals surface area contributed by atoms with Gasteiger partial charge in [0, 0.05) is 26.7 Å². The minimum Gasteiger partial charge on any atom is -0.465 e. The summed E-state index contributed by atoms with van der Waals surface area (Å²) >= 11 is 0. The summed E-state index contributed by atoms with van der Waals surface area (Å²) in [6.45, 7) is 8.92. The lowest BCUT2D eigenvalue weighted by Crippen LogP contribution is -2.76. The Hall–Kier alpha value is -2.98. The first-order chi connectivity index (χ1) is 17.7. The second-order valence-electron chi connectivity index (χ2n) is 11.2. The number of carbonyl (C=O) groups excluding carboxylic acids is 4. The quantitative estimate of drug-likeness (QED) is 0.430. The van der Waals surface area contributed by atoms with Crippen molar-refractivity contribution >= 4 is 23.9 Å². The second kappa shape index (κ2) is 9.96. The van der Waals surface area contributed by atoms with Crippen molar-refractivity contribution in [3.05, 3.63) is 35.9 Å².